The number of benzene rings is 1. The van der Waals surface area contributed by atoms with Crippen molar-refractivity contribution in [2.45, 2.75) is 77.5 Å². The predicted molar refractivity (Wildman–Crippen MR) is 128 cm³/mol. The van der Waals surface area contributed by atoms with Crippen molar-refractivity contribution in [1.29, 1.82) is 0 Å². The molecule has 2 fully saturated rings. The third-order valence-electron chi connectivity index (χ3n) is 7.33. The molecule has 8 heteroatoms. The average molecular weight is 472 g/mol. The fourth-order valence-corrected chi connectivity index (χ4v) is 5.15. The summed E-state index contributed by atoms with van der Waals surface area (Å²) in [6, 6.07) is 7.66. The molecule has 0 aromatic heterocycles. The van der Waals surface area contributed by atoms with Crippen molar-refractivity contribution >= 4 is 24.2 Å². The van der Waals surface area contributed by atoms with E-state index in [0.717, 1.165) is 31.2 Å². The highest BCUT2D eigenvalue weighted by atomic mass is 16.5. The zero-order valence-corrected chi connectivity index (χ0v) is 20.2. The molecule has 1 aromatic rings. The first-order valence-corrected chi connectivity index (χ1v) is 12.3. The van der Waals surface area contributed by atoms with Gasteiger partial charge >= 0.3 is 6.09 Å². The molecule has 8 nitrogen and oxygen atoms in total. The van der Waals surface area contributed by atoms with E-state index in [-0.39, 0.29) is 30.8 Å². The summed E-state index contributed by atoms with van der Waals surface area (Å²) in [5, 5.41) is 8.32. The minimum absolute atomic E-state index is 0.0946. The lowest BCUT2D eigenvalue weighted by Crippen LogP contribution is -2.58. The smallest absolute Gasteiger partial charge is 0.408 e. The van der Waals surface area contributed by atoms with Crippen LogP contribution in [0.3, 0.4) is 0 Å². The molecule has 3 amide bonds. The van der Waals surface area contributed by atoms with Crippen LogP contribution < -0.4 is 16.0 Å². The highest BCUT2D eigenvalue weighted by molar-refractivity contribution is 5.88. The lowest BCUT2D eigenvalue weighted by Gasteiger charge is -2.42. The van der Waals surface area contributed by atoms with E-state index in [1.807, 2.05) is 44.2 Å². The van der Waals surface area contributed by atoms with Gasteiger partial charge in [-0.25, -0.2) is 4.79 Å². The molecule has 2 aliphatic rings. The SMILES string of the molecule is CC(C)(C1CCCCC1)C(NC(=O)OCc1ccccc1)C(=O)NC(C=O)C[C@@H]1CCNC1=O. The second-order valence-corrected chi connectivity index (χ2v) is 10.1. The van der Waals surface area contributed by atoms with Crippen molar-refractivity contribution in [3.63, 3.8) is 0 Å². The minimum atomic E-state index is -0.876. The van der Waals surface area contributed by atoms with E-state index in [4.69, 9.17) is 4.74 Å². The largest absolute Gasteiger partial charge is 0.445 e. The zero-order valence-electron chi connectivity index (χ0n) is 20.2. The molecule has 2 unspecified atom stereocenters. The minimum Gasteiger partial charge on any atom is -0.445 e. The summed E-state index contributed by atoms with van der Waals surface area (Å²) in [6.07, 6.45) is 6.20. The number of rotatable bonds is 10. The van der Waals surface area contributed by atoms with E-state index in [9.17, 15) is 19.2 Å². The monoisotopic (exact) mass is 471 g/mol. The molecule has 1 heterocycles. The molecule has 3 atom stereocenters. The van der Waals surface area contributed by atoms with Crippen LogP contribution in [0.25, 0.3) is 0 Å². The third kappa shape index (κ3) is 6.81. The summed E-state index contributed by atoms with van der Waals surface area (Å²) >= 11 is 0. The second-order valence-electron chi connectivity index (χ2n) is 10.1. The molecule has 1 aliphatic carbocycles. The summed E-state index contributed by atoms with van der Waals surface area (Å²) in [5.74, 6) is -0.573. The first-order valence-electron chi connectivity index (χ1n) is 12.3. The van der Waals surface area contributed by atoms with Gasteiger partial charge in [-0.05, 0) is 42.6 Å². The number of aldehydes is 1. The van der Waals surface area contributed by atoms with Gasteiger partial charge in [0.25, 0.3) is 0 Å². The lowest BCUT2D eigenvalue weighted by molar-refractivity contribution is -0.130. The van der Waals surface area contributed by atoms with E-state index >= 15 is 0 Å². The van der Waals surface area contributed by atoms with Crippen LogP contribution in [0.5, 0.6) is 0 Å². The van der Waals surface area contributed by atoms with Crippen molar-refractivity contribution in [2.75, 3.05) is 6.54 Å². The molecule has 1 saturated carbocycles. The molecule has 1 aliphatic heterocycles. The van der Waals surface area contributed by atoms with Crippen LogP contribution >= 0.6 is 0 Å². The van der Waals surface area contributed by atoms with E-state index in [0.29, 0.717) is 19.3 Å². The maximum Gasteiger partial charge on any atom is 0.408 e. The average Bonchev–Trinajstić information content (AvgIpc) is 3.25. The maximum absolute atomic E-state index is 13.4. The quantitative estimate of drug-likeness (QED) is 0.454. The molecule has 34 heavy (non-hydrogen) atoms. The fourth-order valence-electron chi connectivity index (χ4n) is 5.15. The topological polar surface area (TPSA) is 114 Å². The summed E-state index contributed by atoms with van der Waals surface area (Å²) in [6.45, 7) is 4.66. The number of carbonyl (C=O) groups excluding carboxylic acids is 4. The molecule has 1 saturated heterocycles. The summed E-state index contributed by atoms with van der Waals surface area (Å²) in [7, 11) is 0. The Hall–Kier alpha value is -2.90. The van der Waals surface area contributed by atoms with E-state index in [2.05, 4.69) is 16.0 Å². The van der Waals surface area contributed by atoms with Crippen molar-refractivity contribution < 1.29 is 23.9 Å². The van der Waals surface area contributed by atoms with Gasteiger partial charge in [0.1, 0.15) is 18.9 Å². The van der Waals surface area contributed by atoms with Gasteiger partial charge in [0.05, 0.1) is 6.04 Å². The fraction of sp³-hybridized carbons (Fsp3) is 0.615. The molecular formula is C26H37N3O5. The first-order chi connectivity index (χ1) is 16.3. The van der Waals surface area contributed by atoms with Gasteiger partial charge in [-0.2, -0.15) is 0 Å². The highest BCUT2D eigenvalue weighted by Gasteiger charge is 2.43. The van der Waals surface area contributed by atoms with Gasteiger partial charge < -0.3 is 25.5 Å². The van der Waals surface area contributed by atoms with Gasteiger partial charge in [-0.1, -0.05) is 63.4 Å². The summed E-state index contributed by atoms with van der Waals surface area (Å²) in [4.78, 5) is 49.8. The molecular weight excluding hydrogens is 434 g/mol. The van der Waals surface area contributed by atoms with Crippen molar-refractivity contribution in [1.82, 2.24) is 16.0 Å². The van der Waals surface area contributed by atoms with Gasteiger partial charge in [-0.3, -0.25) is 9.59 Å². The third-order valence-corrected chi connectivity index (χ3v) is 7.33. The first kappa shape index (κ1) is 25.7. The zero-order chi connectivity index (χ0) is 24.6. The summed E-state index contributed by atoms with van der Waals surface area (Å²) < 4.78 is 5.39. The Balaban J connectivity index is 1.70. The standard InChI is InChI=1S/C26H37N3O5/c1-26(2,20-11-7-4-8-12-20)22(29-25(33)34-17-18-9-5-3-6-10-18)24(32)28-21(16-30)15-19-13-14-27-23(19)31/h3,5-6,9-10,16,19-22H,4,7-8,11-15,17H2,1-2H3,(H,27,31)(H,28,32)(H,29,33)/t19-,21?,22?/m0/s1. The Kier molecular flexibility index (Phi) is 9.07. The number of ether oxygens (including phenoxy) is 1. The Morgan fingerprint density at radius 2 is 1.82 bits per heavy atom. The van der Waals surface area contributed by atoms with Gasteiger partial charge in [-0.15, -0.1) is 0 Å². The highest BCUT2D eigenvalue weighted by Crippen LogP contribution is 2.41. The second kappa shape index (κ2) is 12.0. The number of amides is 3. The molecule has 186 valence electrons. The van der Waals surface area contributed by atoms with Gasteiger partial charge in [0, 0.05) is 12.5 Å². The Bertz CT molecular complexity index is 851. The Morgan fingerprint density at radius 1 is 1.12 bits per heavy atom. The molecule has 0 radical (unpaired) electrons. The lowest BCUT2D eigenvalue weighted by atomic mass is 9.66. The predicted octanol–water partition coefficient (Wildman–Crippen LogP) is 3.10. The van der Waals surface area contributed by atoms with Crippen molar-refractivity contribution in [2.24, 2.45) is 17.3 Å². The number of carbonyl (C=O) groups is 4. The van der Waals surface area contributed by atoms with Crippen LogP contribution in [0.4, 0.5) is 4.79 Å². The molecule has 3 rings (SSSR count). The van der Waals surface area contributed by atoms with Crippen LogP contribution in [-0.2, 0) is 25.7 Å². The van der Waals surface area contributed by atoms with Crippen molar-refractivity contribution in [3.8, 4) is 0 Å². The van der Waals surface area contributed by atoms with E-state index in [1.165, 1.54) is 6.42 Å². The van der Waals surface area contributed by atoms with Crippen molar-refractivity contribution in [3.05, 3.63) is 35.9 Å². The van der Waals surface area contributed by atoms with E-state index < -0.39 is 29.5 Å². The van der Waals surface area contributed by atoms with Crippen LogP contribution in [0, 0.1) is 17.3 Å². The normalized spacial score (nSPS) is 20.6. The molecule has 1 aromatic carbocycles. The van der Waals surface area contributed by atoms with Crippen LogP contribution in [0.15, 0.2) is 30.3 Å². The van der Waals surface area contributed by atoms with Gasteiger partial charge in [0.2, 0.25) is 11.8 Å². The maximum atomic E-state index is 13.4. The molecule has 0 bridgehead atoms. The van der Waals surface area contributed by atoms with Crippen LogP contribution in [0.2, 0.25) is 0 Å². The number of hydrogen-bond donors (Lipinski definition) is 3. The summed E-state index contributed by atoms with van der Waals surface area (Å²) in [5.41, 5.74) is 0.301. The van der Waals surface area contributed by atoms with Crippen LogP contribution in [-0.4, -0.2) is 42.8 Å². The molecule has 3 N–H and O–H groups in total. The van der Waals surface area contributed by atoms with E-state index in [1.54, 1.807) is 0 Å². The van der Waals surface area contributed by atoms with Gasteiger partial charge in [0.15, 0.2) is 0 Å². The Labute approximate surface area is 201 Å². The van der Waals surface area contributed by atoms with Crippen LogP contribution in [0.1, 0.15) is 64.4 Å². The number of nitrogens with one attached hydrogen (secondary N) is 3. The number of hydrogen-bond acceptors (Lipinski definition) is 5. The molecule has 0 spiro atoms. The Morgan fingerprint density at radius 3 is 2.44 bits per heavy atom. The number of alkyl carbamates (subject to hydrolysis) is 1.